The highest BCUT2D eigenvalue weighted by Crippen LogP contribution is 2.05. The minimum atomic E-state index is 0.00417. The zero-order chi connectivity index (χ0) is 13.5. The van der Waals surface area contributed by atoms with Gasteiger partial charge in [-0.1, -0.05) is 48.0 Å². The molecule has 0 aromatic heterocycles. The highest BCUT2D eigenvalue weighted by Gasteiger charge is 2.02. The first-order valence-electron chi connectivity index (χ1n) is 6.64. The number of benzene rings is 2. The number of amides is 1. The highest BCUT2D eigenvalue weighted by atomic mass is 16.1. The Hall–Kier alpha value is -2.09. The fourth-order valence-electron chi connectivity index (χ4n) is 1.94. The van der Waals surface area contributed by atoms with Crippen molar-refractivity contribution in [3.63, 3.8) is 0 Å². The predicted molar refractivity (Wildman–Crippen MR) is 78.3 cm³/mol. The van der Waals surface area contributed by atoms with Crippen molar-refractivity contribution in [2.75, 3.05) is 6.54 Å². The van der Waals surface area contributed by atoms with Gasteiger partial charge in [0.15, 0.2) is 0 Å². The monoisotopic (exact) mass is 253 g/mol. The van der Waals surface area contributed by atoms with Gasteiger partial charge >= 0.3 is 0 Å². The summed E-state index contributed by atoms with van der Waals surface area (Å²) in [5.41, 5.74) is 3.32. The van der Waals surface area contributed by atoms with E-state index in [1.54, 1.807) is 0 Å². The van der Waals surface area contributed by atoms with Gasteiger partial charge in [0.25, 0.3) is 5.91 Å². The van der Waals surface area contributed by atoms with E-state index in [0.717, 1.165) is 18.4 Å². The molecule has 0 heterocycles. The van der Waals surface area contributed by atoms with Crippen LogP contribution < -0.4 is 5.32 Å². The van der Waals surface area contributed by atoms with Crippen molar-refractivity contribution in [3.8, 4) is 0 Å². The van der Waals surface area contributed by atoms with Crippen LogP contribution in [0.1, 0.15) is 27.9 Å². The van der Waals surface area contributed by atoms with Crippen LogP contribution in [-0.2, 0) is 6.42 Å². The van der Waals surface area contributed by atoms with E-state index in [9.17, 15) is 4.79 Å². The second-order valence-corrected chi connectivity index (χ2v) is 4.71. The number of carbonyl (C=O) groups is 1. The lowest BCUT2D eigenvalue weighted by Crippen LogP contribution is -2.24. The third kappa shape index (κ3) is 4.25. The Morgan fingerprint density at radius 2 is 1.68 bits per heavy atom. The van der Waals surface area contributed by atoms with Crippen LogP contribution in [0.25, 0.3) is 0 Å². The van der Waals surface area contributed by atoms with Crippen molar-refractivity contribution in [3.05, 3.63) is 71.3 Å². The predicted octanol–water partition coefficient (Wildman–Crippen LogP) is 3.36. The standard InChI is InChI=1S/C17H19NO/c1-14-9-11-15(12-10-14)6-5-13-18-17(19)16-7-3-2-4-8-16/h2-4,7-12H,5-6,13H2,1H3,(H,18,19). The summed E-state index contributed by atoms with van der Waals surface area (Å²) in [4.78, 5) is 11.8. The molecule has 0 aliphatic heterocycles. The van der Waals surface area contributed by atoms with Crippen LogP contribution in [0.4, 0.5) is 0 Å². The topological polar surface area (TPSA) is 29.1 Å². The van der Waals surface area contributed by atoms with Gasteiger partial charge in [-0.15, -0.1) is 0 Å². The maximum atomic E-state index is 11.8. The van der Waals surface area contributed by atoms with Crippen LogP contribution in [0.2, 0.25) is 0 Å². The lowest BCUT2D eigenvalue weighted by atomic mass is 10.1. The van der Waals surface area contributed by atoms with Crippen molar-refractivity contribution in [1.82, 2.24) is 5.32 Å². The van der Waals surface area contributed by atoms with Gasteiger partial charge in [-0.25, -0.2) is 0 Å². The quantitative estimate of drug-likeness (QED) is 0.813. The molecule has 1 amide bonds. The maximum absolute atomic E-state index is 11.8. The molecule has 0 fully saturated rings. The molecule has 0 bridgehead atoms. The Morgan fingerprint density at radius 1 is 1.00 bits per heavy atom. The van der Waals surface area contributed by atoms with Crippen LogP contribution in [-0.4, -0.2) is 12.5 Å². The second-order valence-electron chi connectivity index (χ2n) is 4.71. The summed E-state index contributed by atoms with van der Waals surface area (Å²) in [6.45, 7) is 2.80. The first kappa shape index (κ1) is 13.3. The molecular formula is C17H19NO. The molecule has 2 heteroatoms. The summed E-state index contributed by atoms with van der Waals surface area (Å²) >= 11 is 0. The SMILES string of the molecule is Cc1ccc(CCCNC(=O)c2ccccc2)cc1. The molecule has 2 rings (SSSR count). The average Bonchev–Trinajstić information content (AvgIpc) is 2.46. The molecule has 1 N–H and O–H groups in total. The number of nitrogens with one attached hydrogen (secondary N) is 1. The van der Waals surface area contributed by atoms with Gasteiger partial charge in [0, 0.05) is 12.1 Å². The van der Waals surface area contributed by atoms with E-state index in [2.05, 4.69) is 36.5 Å². The number of hydrogen-bond donors (Lipinski definition) is 1. The van der Waals surface area contributed by atoms with Crippen molar-refractivity contribution >= 4 is 5.91 Å². The number of hydrogen-bond acceptors (Lipinski definition) is 1. The van der Waals surface area contributed by atoms with E-state index in [1.165, 1.54) is 11.1 Å². The summed E-state index contributed by atoms with van der Waals surface area (Å²) in [5.74, 6) is 0.00417. The number of aryl methyl sites for hydroxylation is 2. The first-order valence-corrected chi connectivity index (χ1v) is 6.64. The van der Waals surface area contributed by atoms with Gasteiger partial charge in [0.2, 0.25) is 0 Å². The Balaban J connectivity index is 1.72. The van der Waals surface area contributed by atoms with E-state index in [1.807, 2.05) is 30.3 Å². The summed E-state index contributed by atoms with van der Waals surface area (Å²) in [7, 11) is 0. The zero-order valence-electron chi connectivity index (χ0n) is 11.2. The fourth-order valence-corrected chi connectivity index (χ4v) is 1.94. The Kier molecular flexibility index (Phi) is 4.73. The summed E-state index contributed by atoms with van der Waals surface area (Å²) in [5, 5.41) is 2.94. The maximum Gasteiger partial charge on any atom is 0.251 e. The van der Waals surface area contributed by atoms with Crippen LogP contribution in [0.5, 0.6) is 0 Å². The van der Waals surface area contributed by atoms with Crippen molar-refractivity contribution in [2.24, 2.45) is 0 Å². The highest BCUT2D eigenvalue weighted by molar-refractivity contribution is 5.94. The molecule has 98 valence electrons. The molecule has 0 spiro atoms. The lowest BCUT2D eigenvalue weighted by Gasteiger charge is -2.05. The van der Waals surface area contributed by atoms with Gasteiger partial charge in [0.05, 0.1) is 0 Å². The molecule has 0 radical (unpaired) electrons. The minimum absolute atomic E-state index is 0.00417. The van der Waals surface area contributed by atoms with Crippen LogP contribution in [0.3, 0.4) is 0 Å². The fraction of sp³-hybridized carbons (Fsp3) is 0.235. The summed E-state index contributed by atoms with van der Waals surface area (Å²) in [6, 6.07) is 17.9. The molecular weight excluding hydrogens is 234 g/mol. The first-order chi connectivity index (χ1) is 9.25. The molecule has 19 heavy (non-hydrogen) atoms. The molecule has 0 saturated carbocycles. The van der Waals surface area contributed by atoms with E-state index in [0.29, 0.717) is 6.54 Å². The Labute approximate surface area is 114 Å². The van der Waals surface area contributed by atoms with Gasteiger partial charge < -0.3 is 5.32 Å². The van der Waals surface area contributed by atoms with Crippen molar-refractivity contribution in [1.29, 1.82) is 0 Å². The molecule has 0 aliphatic rings. The van der Waals surface area contributed by atoms with Gasteiger partial charge in [-0.2, -0.15) is 0 Å². The molecule has 2 nitrogen and oxygen atoms in total. The lowest BCUT2D eigenvalue weighted by molar-refractivity contribution is 0.0953. The smallest absolute Gasteiger partial charge is 0.251 e. The number of rotatable bonds is 5. The Morgan fingerprint density at radius 3 is 2.37 bits per heavy atom. The molecule has 2 aromatic carbocycles. The van der Waals surface area contributed by atoms with E-state index >= 15 is 0 Å². The van der Waals surface area contributed by atoms with E-state index < -0.39 is 0 Å². The molecule has 0 atom stereocenters. The molecule has 0 aliphatic carbocycles. The van der Waals surface area contributed by atoms with Gasteiger partial charge in [-0.05, 0) is 37.5 Å². The summed E-state index contributed by atoms with van der Waals surface area (Å²) in [6.07, 6.45) is 1.96. The zero-order valence-corrected chi connectivity index (χ0v) is 11.2. The van der Waals surface area contributed by atoms with Gasteiger partial charge in [-0.3, -0.25) is 4.79 Å². The van der Waals surface area contributed by atoms with E-state index in [-0.39, 0.29) is 5.91 Å². The van der Waals surface area contributed by atoms with Crippen LogP contribution in [0.15, 0.2) is 54.6 Å². The number of carbonyl (C=O) groups excluding carboxylic acids is 1. The van der Waals surface area contributed by atoms with Crippen LogP contribution in [0, 0.1) is 6.92 Å². The average molecular weight is 253 g/mol. The van der Waals surface area contributed by atoms with Gasteiger partial charge in [0.1, 0.15) is 0 Å². The Bertz CT molecular complexity index is 517. The molecule has 2 aromatic rings. The van der Waals surface area contributed by atoms with Crippen molar-refractivity contribution < 1.29 is 4.79 Å². The molecule has 0 unspecified atom stereocenters. The van der Waals surface area contributed by atoms with E-state index in [4.69, 9.17) is 0 Å². The second kappa shape index (κ2) is 6.74. The third-order valence-electron chi connectivity index (χ3n) is 3.08. The minimum Gasteiger partial charge on any atom is -0.352 e. The summed E-state index contributed by atoms with van der Waals surface area (Å²) < 4.78 is 0. The third-order valence-corrected chi connectivity index (χ3v) is 3.08. The normalized spacial score (nSPS) is 10.2. The van der Waals surface area contributed by atoms with Crippen LogP contribution >= 0.6 is 0 Å². The van der Waals surface area contributed by atoms with Crippen molar-refractivity contribution in [2.45, 2.75) is 19.8 Å². The largest absolute Gasteiger partial charge is 0.352 e. The molecule has 0 saturated heterocycles.